The first-order chi connectivity index (χ1) is 13.8. The molecular weight excluding hydrogens is 424 g/mol. The summed E-state index contributed by atoms with van der Waals surface area (Å²) in [6.45, 7) is 3.20. The average molecular weight is 449 g/mol. The second kappa shape index (κ2) is 16.4. The van der Waals surface area contributed by atoms with Crippen LogP contribution < -0.4 is 21.5 Å². The minimum absolute atomic E-state index is 0.0126. The van der Waals surface area contributed by atoms with Crippen LogP contribution >= 0.6 is 21.6 Å². The van der Waals surface area contributed by atoms with Gasteiger partial charge in [0, 0.05) is 31.9 Å². The molecule has 0 bridgehead atoms. The molecule has 5 N–H and O–H groups in total. The van der Waals surface area contributed by atoms with E-state index in [-0.39, 0.29) is 18.6 Å². The van der Waals surface area contributed by atoms with Crippen molar-refractivity contribution in [3.05, 3.63) is 0 Å². The van der Waals surface area contributed by atoms with Gasteiger partial charge in [-0.1, -0.05) is 21.6 Å². The third-order valence-electron chi connectivity index (χ3n) is 2.77. The standard InChI is InChI=1S/C15H24N6O6S2/c1-3-17-21-12(23)5-4-11(15(26)27)19-14(25)9-29-28-7-6-16-13(24)8-18-20-10(2)22/h3,8,11H,4-7,9H2,1-2H3,(H,16,24)(H,19,25)(H,20,22)(H,21,23)(H,26,27)/b17-3-,18-8-. The summed E-state index contributed by atoms with van der Waals surface area (Å²) in [5.74, 6) is -2.51. The smallest absolute Gasteiger partial charge is 0.326 e. The number of carbonyl (C=O) groups excluding carboxylic acids is 4. The van der Waals surface area contributed by atoms with E-state index in [1.165, 1.54) is 34.7 Å². The Morgan fingerprint density at radius 1 is 1.07 bits per heavy atom. The Morgan fingerprint density at radius 2 is 1.79 bits per heavy atom. The highest BCUT2D eigenvalue weighted by Crippen LogP contribution is 2.19. The Balaban J connectivity index is 3.98. The first-order valence-corrected chi connectivity index (χ1v) is 10.9. The molecule has 1 unspecified atom stereocenters. The number of amides is 4. The molecule has 29 heavy (non-hydrogen) atoms. The maximum atomic E-state index is 11.8. The summed E-state index contributed by atoms with van der Waals surface area (Å²) in [7, 11) is 2.51. The van der Waals surface area contributed by atoms with E-state index in [0.717, 1.165) is 6.21 Å². The number of nitrogens with zero attached hydrogens (tertiary/aromatic N) is 2. The molecule has 14 heteroatoms. The third-order valence-corrected chi connectivity index (χ3v) is 5.04. The minimum atomic E-state index is -1.23. The monoisotopic (exact) mass is 448 g/mol. The summed E-state index contributed by atoms with van der Waals surface area (Å²) in [6, 6.07) is -1.17. The fraction of sp³-hybridized carbons (Fsp3) is 0.533. The van der Waals surface area contributed by atoms with Crippen LogP contribution in [0, 0.1) is 0 Å². The van der Waals surface area contributed by atoms with Gasteiger partial charge in [0.05, 0.1) is 5.75 Å². The number of hydrogen-bond donors (Lipinski definition) is 5. The molecular formula is C15H24N6O6S2. The van der Waals surface area contributed by atoms with Gasteiger partial charge >= 0.3 is 5.97 Å². The van der Waals surface area contributed by atoms with Crippen LogP contribution in [0.2, 0.25) is 0 Å². The normalized spacial score (nSPS) is 11.8. The molecule has 12 nitrogen and oxygen atoms in total. The highest BCUT2D eigenvalue weighted by molar-refractivity contribution is 8.76. The van der Waals surface area contributed by atoms with E-state index in [9.17, 15) is 24.0 Å². The second-order valence-electron chi connectivity index (χ2n) is 5.22. The number of nitrogens with one attached hydrogen (secondary N) is 4. The fourth-order valence-electron chi connectivity index (χ4n) is 1.56. The minimum Gasteiger partial charge on any atom is -0.480 e. The quantitative estimate of drug-likeness (QED) is 0.0979. The molecule has 0 aliphatic heterocycles. The van der Waals surface area contributed by atoms with Crippen LogP contribution in [-0.2, 0) is 24.0 Å². The predicted octanol–water partition coefficient (Wildman–Crippen LogP) is -0.923. The number of rotatable bonds is 14. The van der Waals surface area contributed by atoms with Crippen molar-refractivity contribution in [1.82, 2.24) is 21.5 Å². The maximum Gasteiger partial charge on any atom is 0.326 e. The lowest BCUT2D eigenvalue weighted by Crippen LogP contribution is -2.42. The van der Waals surface area contributed by atoms with Gasteiger partial charge in [-0.05, 0) is 13.3 Å². The third kappa shape index (κ3) is 16.1. The Morgan fingerprint density at radius 3 is 2.41 bits per heavy atom. The average Bonchev–Trinajstić information content (AvgIpc) is 2.65. The Bertz CT molecular complexity index is 643. The van der Waals surface area contributed by atoms with Gasteiger partial charge < -0.3 is 15.7 Å². The molecule has 0 aliphatic rings. The van der Waals surface area contributed by atoms with Gasteiger partial charge in [0.2, 0.25) is 17.7 Å². The first kappa shape index (κ1) is 26.4. The summed E-state index contributed by atoms with van der Waals surface area (Å²) >= 11 is 0. The largest absolute Gasteiger partial charge is 0.480 e. The van der Waals surface area contributed by atoms with Crippen molar-refractivity contribution in [2.75, 3.05) is 18.1 Å². The Labute approximate surface area is 175 Å². The lowest BCUT2D eigenvalue weighted by Gasteiger charge is -2.13. The van der Waals surface area contributed by atoms with Crippen LogP contribution in [0.15, 0.2) is 10.2 Å². The van der Waals surface area contributed by atoms with E-state index in [0.29, 0.717) is 12.3 Å². The molecule has 1 atom stereocenters. The van der Waals surface area contributed by atoms with Crippen molar-refractivity contribution in [2.45, 2.75) is 32.7 Å². The lowest BCUT2D eigenvalue weighted by molar-refractivity contribution is -0.141. The molecule has 0 aromatic rings. The summed E-state index contributed by atoms with van der Waals surface area (Å²) < 4.78 is 0. The van der Waals surface area contributed by atoms with E-state index in [2.05, 4.69) is 31.7 Å². The molecule has 162 valence electrons. The second-order valence-corrected chi connectivity index (χ2v) is 7.80. The van der Waals surface area contributed by atoms with Crippen LogP contribution in [0.25, 0.3) is 0 Å². The van der Waals surface area contributed by atoms with E-state index in [4.69, 9.17) is 5.11 Å². The van der Waals surface area contributed by atoms with Crippen LogP contribution in [-0.4, -0.2) is 71.2 Å². The van der Waals surface area contributed by atoms with Crippen LogP contribution in [0.1, 0.15) is 26.7 Å². The van der Waals surface area contributed by atoms with Gasteiger partial charge in [-0.3, -0.25) is 19.2 Å². The topological polar surface area (TPSA) is 178 Å². The molecule has 0 fully saturated rings. The Kier molecular flexibility index (Phi) is 14.9. The summed E-state index contributed by atoms with van der Waals surface area (Å²) in [5, 5.41) is 21.0. The molecule has 0 rings (SSSR count). The maximum absolute atomic E-state index is 11.8. The van der Waals surface area contributed by atoms with Gasteiger partial charge in [-0.2, -0.15) is 10.2 Å². The summed E-state index contributed by atoms with van der Waals surface area (Å²) in [5.41, 5.74) is 4.31. The molecule has 0 spiro atoms. The van der Waals surface area contributed by atoms with Crippen molar-refractivity contribution < 1.29 is 29.1 Å². The van der Waals surface area contributed by atoms with Gasteiger partial charge in [-0.25, -0.2) is 15.6 Å². The molecule has 0 aliphatic carbocycles. The van der Waals surface area contributed by atoms with Crippen LogP contribution in [0.5, 0.6) is 0 Å². The van der Waals surface area contributed by atoms with Gasteiger partial charge in [-0.15, -0.1) is 0 Å². The van der Waals surface area contributed by atoms with Crippen LogP contribution in [0.4, 0.5) is 0 Å². The molecule has 0 saturated heterocycles. The molecule has 0 aromatic heterocycles. The number of hydrogen-bond acceptors (Lipinski definition) is 9. The van der Waals surface area contributed by atoms with E-state index in [1.54, 1.807) is 6.92 Å². The van der Waals surface area contributed by atoms with Crippen molar-refractivity contribution in [3.63, 3.8) is 0 Å². The Hall–Kier alpha value is -2.61. The van der Waals surface area contributed by atoms with E-state index >= 15 is 0 Å². The highest BCUT2D eigenvalue weighted by Gasteiger charge is 2.20. The lowest BCUT2D eigenvalue weighted by atomic mass is 10.1. The first-order valence-electron chi connectivity index (χ1n) is 8.36. The fourth-order valence-corrected chi connectivity index (χ4v) is 3.31. The number of carboxylic acids is 1. The molecule has 4 amide bonds. The van der Waals surface area contributed by atoms with Crippen LogP contribution in [0.3, 0.4) is 0 Å². The van der Waals surface area contributed by atoms with Crippen molar-refractivity contribution in [3.8, 4) is 0 Å². The number of carbonyl (C=O) groups is 5. The number of aliphatic carboxylic acids is 1. The van der Waals surface area contributed by atoms with Gasteiger partial charge in [0.1, 0.15) is 12.3 Å². The zero-order valence-electron chi connectivity index (χ0n) is 16.0. The molecule has 0 radical (unpaired) electrons. The van der Waals surface area contributed by atoms with Crippen molar-refractivity contribution >= 4 is 63.6 Å². The highest BCUT2D eigenvalue weighted by atomic mass is 33.1. The number of hydrazone groups is 2. The van der Waals surface area contributed by atoms with Gasteiger partial charge in [0.15, 0.2) is 0 Å². The van der Waals surface area contributed by atoms with Crippen molar-refractivity contribution in [2.24, 2.45) is 10.2 Å². The molecule has 0 saturated carbocycles. The molecule has 0 aromatic carbocycles. The van der Waals surface area contributed by atoms with Gasteiger partial charge in [0.25, 0.3) is 5.91 Å². The van der Waals surface area contributed by atoms with Crippen molar-refractivity contribution in [1.29, 1.82) is 0 Å². The number of carboxylic acid groups (broad SMARTS) is 1. The zero-order valence-corrected chi connectivity index (χ0v) is 17.6. The molecule has 0 heterocycles. The summed E-state index contributed by atoms with van der Waals surface area (Å²) in [4.78, 5) is 56.4. The SMILES string of the molecule is C/C=N\NC(=O)CCC(NC(=O)CSSCCNC(=O)/C=N\NC(C)=O)C(=O)O. The predicted molar refractivity (Wildman–Crippen MR) is 111 cm³/mol. The summed E-state index contributed by atoms with van der Waals surface area (Å²) in [6.07, 6.45) is 2.17. The van der Waals surface area contributed by atoms with E-state index < -0.39 is 35.6 Å². The zero-order chi connectivity index (χ0) is 22.1. The van der Waals surface area contributed by atoms with E-state index in [1.807, 2.05) is 0 Å².